The molecular formula is C18H23N5O3. The van der Waals surface area contributed by atoms with Crippen LogP contribution in [0, 0.1) is 6.92 Å². The molecule has 0 atom stereocenters. The molecule has 2 aromatic rings. The molecule has 8 nitrogen and oxygen atoms in total. The van der Waals surface area contributed by atoms with E-state index in [4.69, 9.17) is 4.42 Å². The van der Waals surface area contributed by atoms with E-state index in [1.165, 1.54) is 6.33 Å². The van der Waals surface area contributed by atoms with Crippen molar-refractivity contribution < 1.29 is 14.0 Å². The fraction of sp³-hybridized carbons (Fsp3) is 0.556. The fourth-order valence-corrected chi connectivity index (χ4v) is 3.79. The first-order chi connectivity index (χ1) is 12.6. The summed E-state index contributed by atoms with van der Waals surface area (Å²) in [5.41, 5.74) is 1.02. The van der Waals surface area contributed by atoms with Gasteiger partial charge in [-0.2, -0.15) is 5.10 Å². The van der Waals surface area contributed by atoms with Crippen LogP contribution < -0.4 is 0 Å². The Labute approximate surface area is 151 Å². The number of aryl methyl sites for hydroxylation is 2. The fourth-order valence-electron chi connectivity index (χ4n) is 3.79. The highest BCUT2D eigenvalue weighted by Gasteiger charge is 2.33. The molecule has 1 fully saturated rings. The summed E-state index contributed by atoms with van der Waals surface area (Å²) in [5.74, 6) is 1.23. The van der Waals surface area contributed by atoms with Crippen LogP contribution in [0.3, 0.4) is 0 Å². The minimum absolute atomic E-state index is 0.0397. The first-order valence-electron chi connectivity index (χ1n) is 9.13. The van der Waals surface area contributed by atoms with E-state index in [0.717, 1.165) is 39.0 Å². The van der Waals surface area contributed by atoms with Crippen LogP contribution in [0.15, 0.2) is 17.1 Å². The van der Waals surface area contributed by atoms with Crippen LogP contribution in [-0.4, -0.2) is 69.0 Å². The molecule has 0 radical (unpaired) electrons. The second kappa shape index (κ2) is 7.03. The van der Waals surface area contributed by atoms with Gasteiger partial charge in [0, 0.05) is 45.6 Å². The Hall–Kier alpha value is -2.48. The number of rotatable bonds is 4. The minimum Gasteiger partial charge on any atom is -0.465 e. The van der Waals surface area contributed by atoms with Gasteiger partial charge in [-0.05, 0) is 13.3 Å². The third kappa shape index (κ3) is 3.16. The molecule has 0 N–H and O–H groups in total. The summed E-state index contributed by atoms with van der Waals surface area (Å²) in [6, 6.07) is 0. The van der Waals surface area contributed by atoms with Crippen LogP contribution in [-0.2, 0) is 13.0 Å². The molecule has 2 aliphatic rings. The Morgan fingerprint density at radius 2 is 2.00 bits per heavy atom. The van der Waals surface area contributed by atoms with Gasteiger partial charge in [-0.25, -0.2) is 4.98 Å². The number of fused-ring (bicyclic) bond motifs is 1. The molecule has 1 aliphatic carbocycles. The molecule has 8 heteroatoms. The van der Waals surface area contributed by atoms with Crippen LogP contribution >= 0.6 is 0 Å². The van der Waals surface area contributed by atoms with Gasteiger partial charge in [-0.15, -0.1) is 0 Å². The average molecular weight is 357 g/mol. The van der Waals surface area contributed by atoms with Crippen molar-refractivity contribution in [2.24, 2.45) is 0 Å². The highest BCUT2D eigenvalue weighted by molar-refractivity contribution is 6.10. The van der Waals surface area contributed by atoms with E-state index in [-0.39, 0.29) is 11.7 Å². The number of hydrogen-bond acceptors (Lipinski definition) is 6. The van der Waals surface area contributed by atoms with E-state index in [1.807, 2.05) is 9.58 Å². The minimum atomic E-state index is -0.0707. The first-order valence-corrected chi connectivity index (χ1v) is 9.13. The molecular weight excluding hydrogens is 334 g/mol. The van der Waals surface area contributed by atoms with Gasteiger partial charge in [0.2, 0.25) is 0 Å². The number of aromatic nitrogens is 3. The van der Waals surface area contributed by atoms with Crippen LogP contribution in [0.2, 0.25) is 0 Å². The van der Waals surface area contributed by atoms with Gasteiger partial charge in [-0.3, -0.25) is 19.2 Å². The Bertz CT molecular complexity index is 803. The number of Topliss-reactive ketones (excluding diaryl/α,β-unsaturated/α-hetero) is 1. The number of carbonyl (C=O) groups is 2. The van der Waals surface area contributed by atoms with Crippen LogP contribution in [0.1, 0.15) is 45.1 Å². The molecule has 0 saturated carbocycles. The highest BCUT2D eigenvalue weighted by atomic mass is 16.3. The van der Waals surface area contributed by atoms with Gasteiger partial charge in [0.15, 0.2) is 5.78 Å². The van der Waals surface area contributed by atoms with Crippen molar-refractivity contribution in [1.82, 2.24) is 24.6 Å². The molecule has 0 unspecified atom stereocenters. The van der Waals surface area contributed by atoms with Gasteiger partial charge < -0.3 is 9.32 Å². The molecule has 0 bridgehead atoms. The summed E-state index contributed by atoms with van der Waals surface area (Å²) < 4.78 is 7.54. The molecule has 138 valence electrons. The molecule has 1 aliphatic heterocycles. The number of furan rings is 1. The van der Waals surface area contributed by atoms with Crippen molar-refractivity contribution in [3.8, 4) is 0 Å². The molecule has 26 heavy (non-hydrogen) atoms. The number of piperazine rings is 1. The van der Waals surface area contributed by atoms with Crippen molar-refractivity contribution in [3.63, 3.8) is 0 Å². The zero-order valence-corrected chi connectivity index (χ0v) is 15.0. The molecule has 4 rings (SSSR count). The highest BCUT2D eigenvalue weighted by Crippen LogP contribution is 2.30. The Balaban J connectivity index is 1.40. The molecule has 0 aromatic carbocycles. The number of nitrogens with zero attached hydrogens (tertiary/aromatic N) is 5. The third-order valence-electron chi connectivity index (χ3n) is 5.23. The van der Waals surface area contributed by atoms with E-state index in [9.17, 15) is 9.59 Å². The topological polar surface area (TPSA) is 84.5 Å². The molecule has 3 heterocycles. The van der Waals surface area contributed by atoms with Crippen molar-refractivity contribution in [2.45, 2.75) is 32.7 Å². The van der Waals surface area contributed by atoms with Gasteiger partial charge in [0.25, 0.3) is 5.91 Å². The second-order valence-corrected chi connectivity index (χ2v) is 6.90. The molecule has 2 aromatic heterocycles. The monoisotopic (exact) mass is 357 g/mol. The lowest BCUT2D eigenvalue weighted by molar-refractivity contribution is 0.0627. The summed E-state index contributed by atoms with van der Waals surface area (Å²) in [6.45, 7) is 6.39. The first kappa shape index (κ1) is 17.0. The largest absolute Gasteiger partial charge is 0.465 e. The lowest BCUT2D eigenvalue weighted by atomic mass is 9.93. The quantitative estimate of drug-likeness (QED) is 0.816. The van der Waals surface area contributed by atoms with E-state index in [1.54, 1.807) is 13.3 Å². The average Bonchev–Trinajstić information content (AvgIpc) is 3.27. The lowest BCUT2D eigenvalue weighted by Gasteiger charge is -2.34. The van der Waals surface area contributed by atoms with E-state index < -0.39 is 0 Å². The Morgan fingerprint density at radius 1 is 1.19 bits per heavy atom. The molecule has 1 saturated heterocycles. The van der Waals surface area contributed by atoms with E-state index in [0.29, 0.717) is 42.2 Å². The maximum absolute atomic E-state index is 13.0. The number of hydrogen-bond donors (Lipinski definition) is 0. The second-order valence-electron chi connectivity index (χ2n) is 6.90. The predicted molar refractivity (Wildman–Crippen MR) is 93.1 cm³/mol. The van der Waals surface area contributed by atoms with Crippen molar-refractivity contribution in [3.05, 3.63) is 35.3 Å². The third-order valence-corrected chi connectivity index (χ3v) is 5.23. The Morgan fingerprint density at radius 3 is 2.73 bits per heavy atom. The van der Waals surface area contributed by atoms with Crippen LogP contribution in [0.4, 0.5) is 0 Å². The number of carbonyl (C=O) groups excluding carboxylic acids is 2. The number of ketones is 1. The zero-order valence-electron chi connectivity index (χ0n) is 15.0. The van der Waals surface area contributed by atoms with Gasteiger partial charge in [0.05, 0.1) is 17.7 Å². The van der Waals surface area contributed by atoms with E-state index in [2.05, 4.69) is 15.0 Å². The summed E-state index contributed by atoms with van der Waals surface area (Å²) in [4.78, 5) is 33.4. The smallest absolute Gasteiger partial charge is 0.258 e. The molecule has 0 spiro atoms. The standard InChI is InChI=1S/C18H23N5O3/c1-13-16(17-14(24)3-2-4-15(17)26-13)18(25)22-8-5-21(6-9-22)7-10-23-12-19-11-20-23/h11-12H,2-10H2,1H3. The van der Waals surface area contributed by atoms with Gasteiger partial charge in [0.1, 0.15) is 24.2 Å². The molecule has 1 amide bonds. The van der Waals surface area contributed by atoms with Gasteiger partial charge in [-0.1, -0.05) is 0 Å². The van der Waals surface area contributed by atoms with Gasteiger partial charge >= 0.3 is 0 Å². The van der Waals surface area contributed by atoms with Crippen LogP contribution in [0.5, 0.6) is 0 Å². The van der Waals surface area contributed by atoms with Crippen LogP contribution in [0.25, 0.3) is 0 Å². The maximum atomic E-state index is 13.0. The summed E-state index contributed by atoms with van der Waals surface area (Å²) in [6.07, 6.45) is 5.29. The summed E-state index contributed by atoms with van der Waals surface area (Å²) in [5, 5.41) is 4.11. The van der Waals surface area contributed by atoms with Crippen molar-refractivity contribution >= 4 is 11.7 Å². The van der Waals surface area contributed by atoms with E-state index >= 15 is 0 Å². The van der Waals surface area contributed by atoms with Crippen molar-refractivity contribution in [1.29, 1.82) is 0 Å². The van der Waals surface area contributed by atoms with Crippen molar-refractivity contribution in [2.75, 3.05) is 32.7 Å². The maximum Gasteiger partial charge on any atom is 0.258 e. The normalized spacial score (nSPS) is 18.2. The number of amides is 1. The Kier molecular flexibility index (Phi) is 4.58. The SMILES string of the molecule is Cc1oc2c(c1C(=O)N1CCN(CCn3cncn3)CC1)C(=O)CCC2. The lowest BCUT2D eigenvalue weighted by Crippen LogP contribution is -2.49. The predicted octanol–water partition coefficient (Wildman–Crippen LogP) is 1.16. The summed E-state index contributed by atoms with van der Waals surface area (Å²) >= 11 is 0. The zero-order chi connectivity index (χ0) is 18.1. The summed E-state index contributed by atoms with van der Waals surface area (Å²) in [7, 11) is 0.